The van der Waals surface area contributed by atoms with Crippen LogP contribution in [0, 0.1) is 0 Å². The molecule has 0 saturated carbocycles. The molecule has 0 radical (unpaired) electrons. The van der Waals surface area contributed by atoms with Crippen LogP contribution in [0.15, 0.2) is 0 Å². The largest absolute Gasteiger partial charge is 2.00 e. The van der Waals surface area contributed by atoms with E-state index in [4.69, 9.17) is 5.11 Å². The molecular formula is C6H5Ca2ClO7. The van der Waals surface area contributed by atoms with Gasteiger partial charge in [0.2, 0.25) is 0 Å². The third-order valence-corrected chi connectivity index (χ3v) is 1.25. The van der Waals surface area contributed by atoms with E-state index >= 15 is 0 Å². The molecule has 7 nitrogen and oxygen atoms in total. The second-order valence-corrected chi connectivity index (χ2v) is 2.42. The molecule has 0 atom stereocenters. The third kappa shape index (κ3) is 10.3. The maximum Gasteiger partial charge on any atom is 2.00 e. The van der Waals surface area contributed by atoms with Gasteiger partial charge in [-0.2, -0.15) is 0 Å². The molecule has 0 spiro atoms. The Hall–Kier alpha value is 1.18. The number of rotatable bonds is 5. The molecule has 0 aromatic heterocycles. The van der Waals surface area contributed by atoms with Crippen molar-refractivity contribution in [2.45, 2.75) is 18.4 Å². The molecule has 0 fully saturated rings. The molecule has 0 aromatic carbocycles. The molecule has 0 rings (SSSR count). The van der Waals surface area contributed by atoms with Crippen molar-refractivity contribution in [3.05, 3.63) is 0 Å². The summed E-state index contributed by atoms with van der Waals surface area (Å²) in [6.45, 7) is 0. The van der Waals surface area contributed by atoms with E-state index in [0.717, 1.165) is 0 Å². The number of hydrogen-bond donors (Lipinski definition) is 1. The Morgan fingerprint density at radius 1 is 0.938 bits per heavy atom. The zero-order chi connectivity index (χ0) is 10.6. The van der Waals surface area contributed by atoms with Crippen LogP contribution in [0.1, 0.15) is 12.8 Å². The topological polar surface area (TPSA) is 141 Å². The van der Waals surface area contributed by atoms with Crippen molar-refractivity contribution >= 4 is 93.4 Å². The minimum atomic E-state index is -2.97. The Labute approximate surface area is 157 Å². The van der Waals surface area contributed by atoms with Crippen LogP contribution in [0.3, 0.4) is 0 Å². The van der Waals surface area contributed by atoms with Gasteiger partial charge in [-0.05, 0) is 0 Å². The third-order valence-electron chi connectivity index (χ3n) is 1.25. The molecule has 16 heavy (non-hydrogen) atoms. The average molecular weight is 305 g/mol. The SMILES string of the molecule is O=C([O-])CC(O)(CC(=O)[O-])C(=O)[O-].[Ca+2].[Ca+2].[Cl-]. The zero-order valence-electron chi connectivity index (χ0n) is 8.10. The van der Waals surface area contributed by atoms with Crippen molar-refractivity contribution in [3.8, 4) is 0 Å². The summed E-state index contributed by atoms with van der Waals surface area (Å²) in [6.07, 6.45) is -2.72. The van der Waals surface area contributed by atoms with E-state index in [0.29, 0.717) is 0 Å². The van der Waals surface area contributed by atoms with Crippen molar-refractivity contribution < 1.29 is 47.2 Å². The van der Waals surface area contributed by atoms with Gasteiger partial charge < -0.3 is 47.2 Å². The van der Waals surface area contributed by atoms with Crippen LogP contribution in [-0.4, -0.2) is 104 Å². The molecule has 0 amide bonds. The van der Waals surface area contributed by atoms with Crippen LogP contribution in [0.25, 0.3) is 0 Å². The fraction of sp³-hybridized carbons (Fsp3) is 0.500. The first-order valence-corrected chi connectivity index (χ1v) is 3.11. The number of aliphatic hydroxyl groups is 1. The molecule has 1 N–H and O–H groups in total. The van der Waals surface area contributed by atoms with E-state index in [1.54, 1.807) is 0 Å². The van der Waals surface area contributed by atoms with Crippen molar-refractivity contribution in [3.63, 3.8) is 0 Å². The summed E-state index contributed by atoms with van der Waals surface area (Å²) in [5.74, 6) is -5.98. The first kappa shape index (κ1) is 25.9. The monoisotopic (exact) mass is 304 g/mol. The number of carboxylic acid groups (broad SMARTS) is 3. The second-order valence-electron chi connectivity index (χ2n) is 2.42. The predicted molar refractivity (Wildman–Crippen MR) is 40.7 cm³/mol. The van der Waals surface area contributed by atoms with Gasteiger partial charge in [-0.1, -0.05) is 0 Å². The van der Waals surface area contributed by atoms with Gasteiger partial charge >= 0.3 is 75.5 Å². The normalized spacial score (nSPS) is 8.81. The van der Waals surface area contributed by atoms with Crippen molar-refractivity contribution in [1.29, 1.82) is 0 Å². The van der Waals surface area contributed by atoms with Gasteiger partial charge in [-0.15, -0.1) is 0 Å². The fourth-order valence-corrected chi connectivity index (χ4v) is 0.684. The zero-order valence-corrected chi connectivity index (χ0v) is 13.3. The molecule has 0 saturated heterocycles. The molecular weight excluding hydrogens is 300 g/mol. The summed E-state index contributed by atoms with van der Waals surface area (Å²) in [7, 11) is 0. The van der Waals surface area contributed by atoms with Gasteiger partial charge in [-0.25, -0.2) is 0 Å². The first-order chi connectivity index (χ1) is 5.78. The van der Waals surface area contributed by atoms with E-state index in [2.05, 4.69) is 0 Å². The Morgan fingerprint density at radius 2 is 1.19 bits per heavy atom. The molecule has 0 bridgehead atoms. The number of halogens is 1. The fourth-order valence-electron chi connectivity index (χ4n) is 0.684. The quantitative estimate of drug-likeness (QED) is 0.497. The van der Waals surface area contributed by atoms with Crippen molar-refractivity contribution in [2.75, 3.05) is 0 Å². The molecule has 0 heterocycles. The van der Waals surface area contributed by atoms with Gasteiger partial charge in [0.25, 0.3) is 0 Å². The van der Waals surface area contributed by atoms with E-state index < -0.39 is 36.4 Å². The van der Waals surface area contributed by atoms with Gasteiger partial charge in [-0.3, -0.25) is 0 Å². The maximum atomic E-state index is 10.1. The van der Waals surface area contributed by atoms with Gasteiger partial charge in [0.1, 0.15) is 5.60 Å². The molecule has 82 valence electrons. The smallest absolute Gasteiger partial charge is 1.00 e. The predicted octanol–water partition coefficient (Wildman–Crippen LogP) is -9.01. The first-order valence-electron chi connectivity index (χ1n) is 3.11. The summed E-state index contributed by atoms with van der Waals surface area (Å²) < 4.78 is 0. The number of carbonyl (C=O) groups excluding carboxylic acids is 3. The second kappa shape index (κ2) is 11.3. The van der Waals surface area contributed by atoms with Crippen LogP contribution in [0.2, 0.25) is 0 Å². The van der Waals surface area contributed by atoms with Gasteiger partial charge in [0.15, 0.2) is 0 Å². The van der Waals surface area contributed by atoms with E-state index in [1.165, 1.54) is 0 Å². The minimum Gasteiger partial charge on any atom is -1.00 e. The Balaban J connectivity index is -0.000000240. The molecule has 0 unspecified atom stereocenters. The van der Waals surface area contributed by atoms with Crippen molar-refractivity contribution in [2.24, 2.45) is 0 Å². The summed E-state index contributed by atoms with van der Waals surface area (Å²) >= 11 is 0. The van der Waals surface area contributed by atoms with Crippen molar-refractivity contribution in [1.82, 2.24) is 0 Å². The van der Waals surface area contributed by atoms with E-state index in [-0.39, 0.29) is 87.9 Å². The number of carbonyl (C=O) groups is 3. The van der Waals surface area contributed by atoms with Crippen LogP contribution in [0.5, 0.6) is 0 Å². The number of aliphatic carboxylic acids is 3. The standard InChI is InChI=1S/C6H8O7.2Ca.ClH/c7-3(8)1-6(13,5(11)12)2-4(9)10;;;/h13H,1-2H2,(H,7,8)(H,9,10)(H,11,12);;;1H/q;2*+2;/p-4. The summed E-state index contributed by atoms with van der Waals surface area (Å²) in [4.78, 5) is 30.0. The van der Waals surface area contributed by atoms with Crippen LogP contribution < -0.4 is 27.7 Å². The average Bonchev–Trinajstić information content (AvgIpc) is 1.82. The van der Waals surface area contributed by atoms with Crippen LogP contribution in [-0.2, 0) is 14.4 Å². The molecule has 10 heteroatoms. The number of hydrogen-bond acceptors (Lipinski definition) is 7. The van der Waals surface area contributed by atoms with Crippen LogP contribution in [0.4, 0.5) is 0 Å². The summed E-state index contributed by atoms with van der Waals surface area (Å²) in [5.41, 5.74) is -2.97. The van der Waals surface area contributed by atoms with E-state index in [9.17, 15) is 29.7 Å². The summed E-state index contributed by atoms with van der Waals surface area (Å²) in [5, 5.41) is 38.9. The number of carboxylic acids is 3. The molecule has 0 aromatic rings. The Kier molecular flexibility index (Phi) is 18.3. The Bertz CT molecular complexity index is 241. The molecule has 0 aliphatic heterocycles. The van der Waals surface area contributed by atoms with Gasteiger partial charge in [0, 0.05) is 24.8 Å². The summed E-state index contributed by atoms with van der Waals surface area (Å²) in [6, 6.07) is 0. The van der Waals surface area contributed by atoms with E-state index in [1.807, 2.05) is 0 Å². The van der Waals surface area contributed by atoms with Gasteiger partial charge in [0.05, 0.1) is 5.97 Å². The minimum absolute atomic E-state index is 0. The maximum absolute atomic E-state index is 10.1. The molecule has 0 aliphatic rings. The Morgan fingerprint density at radius 3 is 1.31 bits per heavy atom. The molecule has 0 aliphatic carbocycles. The van der Waals surface area contributed by atoms with Crippen LogP contribution >= 0.6 is 0 Å².